The molecule has 0 fully saturated rings. The largest absolute Gasteiger partial charge is 0.257 e. The molecule has 0 bridgehead atoms. The lowest BCUT2D eigenvalue weighted by atomic mass is 9.77. The van der Waals surface area contributed by atoms with Crippen LogP contribution in [0.2, 0.25) is 0 Å². The minimum atomic E-state index is 0.0460. The van der Waals surface area contributed by atoms with Crippen LogP contribution in [0.3, 0.4) is 0 Å². The molecule has 0 unspecified atom stereocenters. The van der Waals surface area contributed by atoms with Gasteiger partial charge in [-0.2, -0.15) is 0 Å². The lowest BCUT2D eigenvalue weighted by molar-refractivity contribution is 0.662. The molecule has 1 aromatic heterocycles. The number of hydrogen-bond acceptors (Lipinski definition) is 2. The van der Waals surface area contributed by atoms with Crippen molar-refractivity contribution < 1.29 is 0 Å². The zero-order valence-corrected chi connectivity index (χ0v) is 12.1. The molecule has 0 saturated heterocycles. The number of nitrogens with zero attached hydrogens (tertiary/aromatic N) is 1. The highest BCUT2D eigenvalue weighted by molar-refractivity contribution is 7.10. The van der Waals surface area contributed by atoms with Gasteiger partial charge in [-0.3, -0.25) is 4.99 Å². The molecule has 0 saturated carbocycles. The number of rotatable bonds is 3. The van der Waals surface area contributed by atoms with Crippen molar-refractivity contribution in [1.29, 1.82) is 0 Å². The Morgan fingerprint density at radius 1 is 1.21 bits per heavy atom. The monoisotopic (exact) mass is 267 g/mol. The Morgan fingerprint density at radius 3 is 2.84 bits per heavy atom. The molecule has 2 heteroatoms. The summed E-state index contributed by atoms with van der Waals surface area (Å²) in [4.78, 5) is 6.02. The topological polar surface area (TPSA) is 12.4 Å². The quantitative estimate of drug-likeness (QED) is 0.723. The lowest BCUT2D eigenvalue weighted by Crippen LogP contribution is -2.26. The van der Waals surface area contributed by atoms with Crippen LogP contribution in [-0.2, 0) is 5.41 Å². The summed E-state index contributed by atoms with van der Waals surface area (Å²) in [5.74, 6) is 0. The van der Waals surface area contributed by atoms with Crippen LogP contribution in [0.5, 0.6) is 0 Å². The minimum absolute atomic E-state index is 0.0460. The summed E-state index contributed by atoms with van der Waals surface area (Å²) < 4.78 is 0. The maximum Gasteiger partial charge on any atom is 0.0670 e. The van der Waals surface area contributed by atoms with Gasteiger partial charge in [-0.25, -0.2) is 0 Å². The Balaban J connectivity index is 1.86. The zero-order chi connectivity index (χ0) is 13.3. The number of fused-ring (bicyclic) bond motifs is 1. The van der Waals surface area contributed by atoms with E-state index in [-0.39, 0.29) is 5.41 Å². The Kier molecular flexibility index (Phi) is 3.11. The molecule has 19 heavy (non-hydrogen) atoms. The second-order valence-corrected chi connectivity index (χ2v) is 6.15. The summed E-state index contributed by atoms with van der Waals surface area (Å²) in [5, 5.41) is 2.11. The molecule has 1 nitrogen and oxygen atoms in total. The first kappa shape index (κ1) is 12.4. The van der Waals surface area contributed by atoms with Crippen LogP contribution in [0.25, 0.3) is 6.08 Å². The van der Waals surface area contributed by atoms with Crippen molar-refractivity contribution in [2.75, 3.05) is 0 Å². The highest BCUT2D eigenvalue weighted by atomic mass is 32.1. The van der Waals surface area contributed by atoms with Gasteiger partial charge in [0.2, 0.25) is 0 Å². The molecule has 0 N–H and O–H groups in total. The third-order valence-corrected chi connectivity index (χ3v) is 4.77. The van der Waals surface area contributed by atoms with E-state index >= 15 is 0 Å². The van der Waals surface area contributed by atoms with Gasteiger partial charge >= 0.3 is 0 Å². The van der Waals surface area contributed by atoms with Gasteiger partial charge < -0.3 is 0 Å². The average Bonchev–Trinajstić information content (AvgIpc) is 2.99. The van der Waals surface area contributed by atoms with E-state index in [2.05, 4.69) is 67.8 Å². The number of hydrogen-bond donors (Lipinski definition) is 0. The van der Waals surface area contributed by atoms with E-state index in [0.717, 1.165) is 12.1 Å². The average molecular weight is 267 g/mol. The first-order valence-corrected chi connectivity index (χ1v) is 7.43. The Hall–Kier alpha value is -1.67. The van der Waals surface area contributed by atoms with Crippen molar-refractivity contribution in [3.8, 4) is 0 Å². The zero-order valence-electron chi connectivity index (χ0n) is 11.3. The van der Waals surface area contributed by atoms with Gasteiger partial charge in [-0.05, 0) is 49.4 Å². The van der Waals surface area contributed by atoms with E-state index in [1.54, 1.807) is 11.3 Å². The van der Waals surface area contributed by atoms with Crippen molar-refractivity contribution in [1.82, 2.24) is 0 Å². The summed E-state index contributed by atoms with van der Waals surface area (Å²) in [6.07, 6.45) is 5.48. The Morgan fingerprint density at radius 2 is 2.05 bits per heavy atom. The fraction of sp³-hybridized carbons (Fsp3) is 0.235. The van der Waals surface area contributed by atoms with Crippen molar-refractivity contribution >= 4 is 28.8 Å². The van der Waals surface area contributed by atoms with Crippen LogP contribution in [0, 0.1) is 0 Å². The van der Waals surface area contributed by atoms with Gasteiger partial charge in [0.25, 0.3) is 0 Å². The van der Waals surface area contributed by atoms with Crippen LogP contribution in [0.1, 0.15) is 30.7 Å². The number of aliphatic imine (C=N–C) groups is 1. The predicted molar refractivity (Wildman–Crippen MR) is 84.5 cm³/mol. The lowest BCUT2D eigenvalue weighted by Gasteiger charge is -2.24. The highest BCUT2D eigenvalue weighted by Crippen LogP contribution is 2.42. The first-order chi connectivity index (χ1) is 9.20. The second-order valence-electron chi connectivity index (χ2n) is 5.17. The summed E-state index contributed by atoms with van der Waals surface area (Å²) in [5.41, 5.74) is 3.74. The number of benzene rings is 1. The van der Waals surface area contributed by atoms with Crippen molar-refractivity contribution in [3.05, 3.63) is 58.3 Å². The van der Waals surface area contributed by atoms with E-state index in [9.17, 15) is 0 Å². The van der Waals surface area contributed by atoms with Crippen LogP contribution >= 0.6 is 11.3 Å². The van der Waals surface area contributed by atoms with Crippen molar-refractivity contribution in [2.45, 2.75) is 25.7 Å². The minimum Gasteiger partial charge on any atom is -0.257 e. The maximum absolute atomic E-state index is 4.71. The molecule has 1 aliphatic heterocycles. The highest BCUT2D eigenvalue weighted by Gasteiger charge is 2.35. The normalized spacial score (nSPS) is 21.7. The molecule has 1 aliphatic rings. The molecular formula is C17H17NS. The number of allylic oxidation sites excluding steroid dienone is 1. The summed E-state index contributed by atoms with van der Waals surface area (Å²) in [7, 11) is 0. The maximum atomic E-state index is 4.71. The van der Waals surface area contributed by atoms with E-state index in [4.69, 9.17) is 4.99 Å². The SMILES string of the molecule is CC1=Nc2ccccc2[C@]1(C)C/C=C/c1cccs1. The molecule has 0 spiro atoms. The fourth-order valence-electron chi connectivity index (χ4n) is 2.59. The predicted octanol–water partition coefficient (Wildman–Crippen LogP) is 5.22. The van der Waals surface area contributed by atoms with Crippen LogP contribution < -0.4 is 0 Å². The molecule has 0 amide bonds. The van der Waals surface area contributed by atoms with Gasteiger partial charge in [0.1, 0.15) is 0 Å². The summed E-state index contributed by atoms with van der Waals surface area (Å²) in [6.45, 7) is 4.43. The van der Waals surface area contributed by atoms with Crippen LogP contribution in [0.15, 0.2) is 52.8 Å². The molecule has 0 aliphatic carbocycles. The van der Waals surface area contributed by atoms with Gasteiger partial charge in [0, 0.05) is 16.0 Å². The molecule has 0 radical (unpaired) electrons. The molecule has 1 atom stereocenters. The van der Waals surface area contributed by atoms with Crippen molar-refractivity contribution in [3.63, 3.8) is 0 Å². The van der Waals surface area contributed by atoms with Gasteiger partial charge in [0.05, 0.1) is 5.69 Å². The van der Waals surface area contributed by atoms with Crippen molar-refractivity contribution in [2.24, 2.45) is 4.99 Å². The van der Waals surface area contributed by atoms with Gasteiger partial charge in [-0.1, -0.05) is 30.3 Å². The summed E-state index contributed by atoms with van der Waals surface area (Å²) >= 11 is 1.77. The smallest absolute Gasteiger partial charge is 0.0670 e. The standard InChI is InChI=1S/C17H17NS/c1-13-17(2,11-5-7-14-8-6-12-19-14)15-9-3-4-10-16(15)18-13/h3-10,12H,11H2,1-2H3/b7-5+/t17-/m1/s1. The number of thiophene rings is 1. The Bertz CT molecular complexity index is 637. The van der Waals surface area contributed by atoms with Crippen LogP contribution in [0.4, 0.5) is 5.69 Å². The second kappa shape index (κ2) is 4.78. The van der Waals surface area contributed by atoms with Gasteiger partial charge in [-0.15, -0.1) is 11.3 Å². The summed E-state index contributed by atoms with van der Waals surface area (Å²) in [6, 6.07) is 12.7. The molecule has 2 aromatic rings. The van der Waals surface area contributed by atoms with E-state index < -0.39 is 0 Å². The third-order valence-electron chi connectivity index (χ3n) is 3.94. The third kappa shape index (κ3) is 2.17. The molecule has 3 rings (SSSR count). The molecular weight excluding hydrogens is 250 g/mol. The van der Waals surface area contributed by atoms with E-state index in [0.29, 0.717) is 0 Å². The van der Waals surface area contributed by atoms with E-state index in [1.165, 1.54) is 16.2 Å². The number of para-hydroxylation sites is 1. The molecule has 2 heterocycles. The fourth-order valence-corrected chi connectivity index (χ4v) is 3.24. The van der Waals surface area contributed by atoms with Crippen LogP contribution in [-0.4, -0.2) is 5.71 Å². The molecule has 1 aromatic carbocycles. The molecule has 96 valence electrons. The van der Waals surface area contributed by atoms with Gasteiger partial charge in [0.15, 0.2) is 0 Å². The first-order valence-electron chi connectivity index (χ1n) is 6.55. The van der Waals surface area contributed by atoms with E-state index in [1.807, 2.05) is 0 Å². The Labute approximate surface area is 118 Å².